The molecular formula is C14H21NOS. The highest BCUT2D eigenvalue weighted by Crippen LogP contribution is 2.24. The van der Waals surface area contributed by atoms with E-state index in [-0.39, 0.29) is 0 Å². The minimum absolute atomic E-state index is 0.334. The maximum absolute atomic E-state index is 9.24. The molecule has 1 aliphatic heterocycles. The number of benzene rings is 1. The number of aliphatic hydroxyl groups excluding tert-OH is 1. The molecule has 0 bridgehead atoms. The minimum Gasteiger partial charge on any atom is -0.396 e. The zero-order chi connectivity index (χ0) is 12.1. The van der Waals surface area contributed by atoms with E-state index in [2.05, 4.69) is 35.4 Å². The largest absolute Gasteiger partial charge is 0.396 e. The molecule has 0 amide bonds. The van der Waals surface area contributed by atoms with Crippen molar-refractivity contribution in [3.8, 4) is 0 Å². The number of nitrogens with zero attached hydrogens (tertiary/aromatic N) is 1. The quantitative estimate of drug-likeness (QED) is 0.832. The molecule has 0 radical (unpaired) electrons. The lowest BCUT2D eigenvalue weighted by Crippen LogP contribution is -2.36. The topological polar surface area (TPSA) is 23.5 Å². The van der Waals surface area contributed by atoms with E-state index in [1.165, 1.54) is 29.8 Å². The smallest absolute Gasteiger partial charge is 0.0471 e. The average Bonchev–Trinajstić information content (AvgIpc) is 2.39. The number of thioether (sulfide) groups is 1. The molecule has 94 valence electrons. The lowest BCUT2D eigenvalue weighted by Gasteiger charge is -2.32. The molecule has 1 aromatic carbocycles. The summed E-state index contributed by atoms with van der Waals surface area (Å²) in [4.78, 5) is 3.85. The molecule has 1 N–H and O–H groups in total. The van der Waals surface area contributed by atoms with Crippen molar-refractivity contribution in [1.82, 2.24) is 4.90 Å². The Balaban J connectivity index is 2.00. The first-order valence-electron chi connectivity index (χ1n) is 6.28. The highest BCUT2D eigenvalue weighted by Gasteiger charge is 2.19. The van der Waals surface area contributed by atoms with Crippen LogP contribution in [-0.4, -0.2) is 36.0 Å². The second-order valence-electron chi connectivity index (χ2n) is 4.74. The Morgan fingerprint density at radius 1 is 1.41 bits per heavy atom. The standard InChI is InChI=1S/C14H21NOS/c1-17-14-7-3-2-6-13(14)10-15-8-4-5-12(9-15)11-16/h2-3,6-7,12,16H,4-5,8-11H2,1H3. The maximum Gasteiger partial charge on any atom is 0.0471 e. The van der Waals surface area contributed by atoms with Crippen LogP contribution in [0.3, 0.4) is 0 Å². The molecule has 0 spiro atoms. The van der Waals surface area contributed by atoms with Crippen molar-refractivity contribution >= 4 is 11.8 Å². The van der Waals surface area contributed by atoms with Gasteiger partial charge in [-0.1, -0.05) is 18.2 Å². The van der Waals surface area contributed by atoms with E-state index >= 15 is 0 Å². The lowest BCUT2D eigenvalue weighted by atomic mass is 9.98. The van der Waals surface area contributed by atoms with Gasteiger partial charge in [0.15, 0.2) is 0 Å². The van der Waals surface area contributed by atoms with Gasteiger partial charge >= 0.3 is 0 Å². The van der Waals surface area contributed by atoms with E-state index in [1.54, 1.807) is 0 Å². The molecule has 2 rings (SSSR count). The van der Waals surface area contributed by atoms with Crippen LogP contribution < -0.4 is 0 Å². The van der Waals surface area contributed by atoms with E-state index in [9.17, 15) is 5.11 Å². The van der Waals surface area contributed by atoms with Gasteiger partial charge in [-0.05, 0) is 43.2 Å². The summed E-state index contributed by atoms with van der Waals surface area (Å²) < 4.78 is 0. The predicted octanol–water partition coefficient (Wildman–Crippen LogP) is 2.61. The van der Waals surface area contributed by atoms with Gasteiger partial charge in [0.05, 0.1) is 0 Å². The van der Waals surface area contributed by atoms with E-state index < -0.39 is 0 Å². The normalized spacial score (nSPS) is 21.6. The fourth-order valence-electron chi connectivity index (χ4n) is 2.52. The van der Waals surface area contributed by atoms with Crippen molar-refractivity contribution in [1.29, 1.82) is 0 Å². The van der Waals surface area contributed by atoms with Crippen molar-refractivity contribution in [2.45, 2.75) is 24.3 Å². The van der Waals surface area contributed by atoms with Crippen LogP contribution in [-0.2, 0) is 6.54 Å². The molecule has 1 fully saturated rings. The molecule has 2 nitrogen and oxygen atoms in total. The van der Waals surface area contributed by atoms with Crippen molar-refractivity contribution < 1.29 is 5.11 Å². The predicted molar refractivity (Wildman–Crippen MR) is 73.3 cm³/mol. The number of aliphatic hydroxyl groups is 1. The van der Waals surface area contributed by atoms with Crippen LogP contribution in [0.15, 0.2) is 29.2 Å². The summed E-state index contributed by atoms with van der Waals surface area (Å²) in [5.74, 6) is 0.477. The van der Waals surface area contributed by atoms with Crippen LogP contribution >= 0.6 is 11.8 Å². The number of hydrogen-bond acceptors (Lipinski definition) is 3. The Bertz CT molecular complexity index is 356. The monoisotopic (exact) mass is 251 g/mol. The van der Waals surface area contributed by atoms with Crippen LogP contribution in [0.25, 0.3) is 0 Å². The molecule has 1 saturated heterocycles. The summed E-state index contributed by atoms with van der Waals surface area (Å²) in [6.07, 6.45) is 4.52. The minimum atomic E-state index is 0.334. The molecule has 1 heterocycles. The molecule has 0 aromatic heterocycles. The number of piperidine rings is 1. The summed E-state index contributed by atoms with van der Waals surface area (Å²) in [6.45, 7) is 3.56. The third-order valence-electron chi connectivity index (χ3n) is 3.45. The van der Waals surface area contributed by atoms with Gasteiger partial charge in [0.2, 0.25) is 0 Å². The molecule has 1 aliphatic rings. The van der Waals surface area contributed by atoms with Crippen molar-refractivity contribution in [3.63, 3.8) is 0 Å². The van der Waals surface area contributed by atoms with E-state index in [0.717, 1.165) is 13.1 Å². The number of likely N-dealkylation sites (tertiary alicyclic amines) is 1. The van der Waals surface area contributed by atoms with Crippen molar-refractivity contribution in [3.05, 3.63) is 29.8 Å². The summed E-state index contributed by atoms with van der Waals surface area (Å²) in [5, 5.41) is 9.24. The Hall–Kier alpha value is -0.510. The molecule has 1 aromatic rings. The van der Waals surface area contributed by atoms with Gasteiger partial charge in [-0.3, -0.25) is 4.90 Å². The Morgan fingerprint density at radius 3 is 3.00 bits per heavy atom. The van der Waals surface area contributed by atoms with E-state index in [1.807, 2.05) is 11.8 Å². The highest BCUT2D eigenvalue weighted by atomic mass is 32.2. The third kappa shape index (κ3) is 3.47. The van der Waals surface area contributed by atoms with Crippen LogP contribution in [0.5, 0.6) is 0 Å². The Labute approximate surface area is 108 Å². The SMILES string of the molecule is CSc1ccccc1CN1CCCC(CO)C1. The van der Waals surface area contributed by atoms with Crippen LogP contribution in [0.4, 0.5) is 0 Å². The van der Waals surface area contributed by atoms with Gasteiger partial charge in [-0.15, -0.1) is 11.8 Å². The summed E-state index contributed by atoms with van der Waals surface area (Å²) in [6, 6.07) is 8.62. The Kier molecular flexibility index (Phi) is 4.89. The average molecular weight is 251 g/mol. The molecule has 3 heteroatoms. The molecule has 17 heavy (non-hydrogen) atoms. The van der Waals surface area contributed by atoms with Crippen LogP contribution in [0, 0.1) is 5.92 Å². The van der Waals surface area contributed by atoms with Crippen molar-refractivity contribution in [2.24, 2.45) is 5.92 Å². The van der Waals surface area contributed by atoms with E-state index in [0.29, 0.717) is 12.5 Å². The molecule has 1 atom stereocenters. The Morgan fingerprint density at radius 2 is 2.24 bits per heavy atom. The zero-order valence-electron chi connectivity index (χ0n) is 10.4. The molecule has 0 aliphatic carbocycles. The molecule has 0 saturated carbocycles. The second-order valence-corrected chi connectivity index (χ2v) is 5.59. The summed E-state index contributed by atoms with van der Waals surface area (Å²) >= 11 is 1.81. The zero-order valence-corrected chi connectivity index (χ0v) is 11.2. The van der Waals surface area contributed by atoms with Gasteiger partial charge < -0.3 is 5.11 Å². The summed E-state index contributed by atoms with van der Waals surface area (Å²) in [7, 11) is 0. The lowest BCUT2D eigenvalue weighted by molar-refractivity contribution is 0.115. The van der Waals surface area contributed by atoms with Gasteiger partial charge in [0.1, 0.15) is 0 Å². The fraction of sp³-hybridized carbons (Fsp3) is 0.571. The van der Waals surface area contributed by atoms with Crippen LogP contribution in [0.1, 0.15) is 18.4 Å². The molecular weight excluding hydrogens is 230 g/mol. The van der Waals surface area contributed by atoms with Crippen molar-refractivity contribution in [2.75, 3.05) is 26.0 Å². The summed E-state index contributed by atoms with van der Waals surface area (Å²) in [5.41, 5.74) is 1.42. The first kappa shape index (κ1) is 12.9. The molecule has 1 unspecified atom stereocenters. The number of rotatable bonds is 4. The fourth-order valence-corrected chi connectivity index (χ4v) is 3.13. The number of hydrogen-bond donors (Lipinski definition) is 1. The maximum atomic E-state index is 9.24. The van der Waals surface area contributed by atoms with Crippen LogP contribution in [0.2, 0.25) is 0 Å². The van der Waals surface area contributed by atoms with Gasteiger partial charge in [-0.2, -0.15) is 0 Å². The third-order valence-corrected chi connectivity index (χ3v) is 4.29. The van der Waals surface area contributed by atoms with E-state index in [4.69, 9.17) is 0 Å². The first-order valence-corrected chi connectivity index (χ1v) is 7.51. The second kappa shape index (κ2) is 6.43. The van der Waals surface area contributed by atoms with Gasteiger partial charge in [-0.25, -0.2) is 0 Å². The highest BCUT2D eigenvalue weighted by molar-refractivity contribution is 7.98. The van der Waals surface area contributed by atoms with Gasteiger partial charge in [0, 0.05) is 24.6 Å². The van der Waals surface area contributed by atoms with Gasteiger partial charge in [0.25, 0.3) is 0 Å². The first-order chi connectivity index (χ1) is 8.33.